The average Bonchev–Trinajstić information content (AvgIpc) is 3.51. The molecule has 3 N–H and O–H groups in total. The molecule has 8 nitrogen and oxygen atoms in total. The van der Waals surface area contributed by atoms with Gasteiger partial charge in [-0.1, -0.05) is 18.2 Å². The number of rotatable bonds is 7. The Hall–Kier alpha value is -4.28. The van der Waals surface area contributed by atoms with Crippen LogP contribution in [0.15, 0.2) is 72.1 Å². The summed E-state index contributed by atoms with van der Waals surface area (Å²) in [5.74, 6) is 0.357. The number of thiazole rings is 2. The molecule has 37 heavy (non-hydrogen) atoms. The lowest BCUT2D eigenvalue weighted by atomic mass is 10.2. The number of aryl methyl sites for hydroxylation is 1. The first kappa shape index (κ1) is 24.4. The van der Waals surface area contributed by atoms with Gasteiger partial charge in [0.1, 0.15) is 10.8 Å². The monoisotopic (exact) mass is 529 g/mol. The van der Waals surface area contributed by atoms with Crippen molar-refractivity contribution >= 4 is 61.3 Å². The van der Waals surface area contributed by atoms with E-state index in [1.165, 1.54) is 24.0 Å². The third-order valence-electron chi connectivity index (χ3n) is 5.43. The van der Waals surface area contributed by atoms with Crippen LogP contribution in [0.1, 0.15) is 11.3 Å². The zero-order valence-corrected chi connectivity index (χ0v) is 21.7. The molecule has 3 amide bonds. The zero-order chi connectivity index (χ0) is 25.8. The number of carbonyl (C=O) groups excluding carboxylic acids is 2. The molecule has 0 saturated carbocycles. The minimum absolute atomic E-state index is 0.0886. The van der Waals surface area contributed by atoms with Crippen LogP contribution in [0.25, 0.3) is 20.8 Å². The van der Waals surface area contributed by atoms with Gasteiger partial charge in [0.25, 0.3) is 0 Å². The first-order valence-electron chi connectivity index (χ1n) is 11.4. The number of para-hydroxylation sites is 2. The Morgan fingerprint density at radius 1 is 0.946 bits per heavy atom. The van der Waals surface area contributed by atoms with Crippen molar-refractivity contribution in [2.24, 2.45) is 0 Å². The van der Waals surface area contributed by atoms with Crippen LogP contribution in [0.4, 0.5) is 21.3 Å². The average molecular weight is 530 g/mol. The third-order valence-corrected chi connectivity index (χ3v) is 7.30. The van der Waals surface area contributed by atoms with Crippen molar-refractivity contribution in [1.29, 1.82) is 0 Å². The number of hydrogen-bond acceptors (Lipinski definition) is 7. The highest BCUT2D eigenvalue weighted by Crippen LogP contribution is 2.31. The Bertz CT molecular complexity index is 1580. The zero-order valence-electron chi connectivity index (χ0n) is 20.1. The molecule has 0 saturated heterocycles. The lowest BCUT2D eigenvalue weighted by Crippen LogP contribution is -2.20. The minimum Gasteiger partial charge on any atom is -0.495 e. The largest absolute Gasteiger partial charge is 0.495 e. The summed E-state index contributed by atoms with van der Waals surface area (Å²) in [5, 5.41) is 11.4. The van der Waals surface area contributed by atoms with Gasteiger partial charge in [0, 0.05) is 16.6 Å². The fourth-order valence-electron chi connectivity index (χ4n) is 3.67. The summed E-state index contributed by atoms with van der Waals surface area (Å²) in [5.41, 5.74) is 4.99. The summed E-state index contributed by atoms with van der Waals surface area (Å²) in [6, 6.07) is 20.5. The molecule has 0 atom stereocenters. The number of hydrogen-bond donors (Lipinski definition) is 3. The highest BCUT2D eigenvalue weighted by atomic mass is 32.1. The van der Waals surface area contributed by atoms with Gasteiger partial charge < -0.3 is 15.4 Å². The molecule has 10 heteroatoms. The predicted octanol–water partition coefficient (Wildman–Crippen LogP) is 6.56. The molecule has 0 aliphatic carbocycles. The van der Waals surface area contributed by atoms with Gasteiger partial charge in [-0.05, 0) is 61.0 Å². The van der Waals surface area contributed by atoms with E-state index in [4.69, 9.17) is 9.72 Å². The van der Waals surface area contributed by atoms with E-state index in [2.05, 4.69) is 40.0 Å². The topological polar surface area (TPSA) is 105 Å². The SMILES string of the molecule is COc1ccccc1NC(=O)Nc1nc(CC(=O)Nc2ccc(-c3nc4ccc(C)cc4s3)cc2)cs1. The highest BCUT2D eigenvalue weighted by molar-refractivity contribution is 7.21. The molecule has 3 aromatic carbocycles. The number of carbonyl (C=O) groups is 2. The number of ether oxygens (including phenoxy) is 1. The summed E-state index contributed by atoms with van der Waals surface area (Å²) in [7, 11) is 1.54. The number of fused-ring (bicyclic) bond motifs is 1. The number of urea groups is 1. The van der Waals surface area contributed by atoms with Gasteiger partial charge in [-0.15, -0.1) is 22.7 Å². The quantitative estimate of drug-likeness (QED) is 0.221. The van der Waals surface area contributed by atoms with Crippen LogP contribution < -0.4 is 20.7 Å². The standard InChI is InChI=1S/C27H23N5O3S2/c1-16-7-12-21-23(13-16)37-25(30-21)17-8-10-18(11-9-17)28-24(33)14-19-15-36-27(29-19)32-26(34)31-20-5-3-4-6-22(20)35-2/h3-13,15H,14H2,1-2H3,(H,28,33)(H2,29,31,32,34). The van der Waals surface area contributed by atoms with Gasteiger partial charge in [0.2, 0.25) is 5.91 Å². The van der Waals surface area contributed by atoms with Crippen LogP contribution in [0.2, 0.25) is 0 Å². The second-order valence-electron chi connectivity index (χ2n) is 8.22. The number of nitrogens with zero attached hydrogens (tertiary/aromatic N) is 2. The first-order chi connectivity index (χ1) is 18.0. The van der Waals surface area contributed by atoms with Gasteiger partial charge in [0.05, 0.1) is 35.1 Å². The molecule has 0 aliphatic heterocycles. The molecule has 5 rings (SSSR count). The Morgan fingerprint density at radius 3 is 2.57 bits per heavy atom. The maximum atomic E-state index is 12.6. The summed E-state index contributed by atoms with van der Waals surface area (Å²) < 4.78 is 6.39. The van der Waals surface area contributed by atoms with Gasteiger partial charge in [0.15, 0.2) is 5.13 Å². The van der Waals surface area contributed by atoms with Crippen LogP contribution in [-0.2, 0) is 11.2 Å². The first-order valence-corrected chi connectivity index (χ1v) is 13.1. The highest BCUT2D eigenvalue weighted by Gasteiger charge is 2.12. The Balaban J connectivity index is 1.16. The molecule has 0 spiro atoms. The van der Waals surface area contributed by atoms with E-state index in [1.54, 1.807) is 34.9 Å². The molecule has 0 bridgehead atoms. The lowest BCUT2D eigenvalue weighted by Gasteiger charge is -2.09. The van der Waals surface area contributed by atoms with E-state index >= 15 is 0 Å². The Kier molecular flexibility index (Phi) is 7.11. The van der Waals surface area contributed by atoms with Crippen LogP contribution in [0, 0.1) is 6.92 Å². The minimum atomic E-state index is -0.446. The number of aromatic nitrogens is 2. The van der Waals surface area contributed by atoms with E-state index in [0.29, 0.717) is 27.9 Å². The smallest absolute Gasteiger partial charge is 0.325 e. The number of nitrogens with one attached hydrogen (secondary N) is 3. The van der Waals surface area contributed by atoms with E-state index in [9.17, 15) is 9.59 Å². The van der Waals surface area contributed by atoms with Gasteiger partial charge in [-0.2, -0.15) is 0 Å². The van der Waals surface area contributed by atoms with Crippen molar-refractivity contribution in [3.63, 3.8) is 0 Å². The summed E-state index contributed by atoms with van der Waals surface area (Å²) in [6.07, 6.45) is 0.0886. The molecule has 2 aromatic heterocycles. The predicted molar refractivity (Wildman–Crippen MR) is 150 cm³/mol. The normalized spacial score (nSPS) is 10.8. The van der Waals surface area contributed by atoms with Crippen molar-refractivity contribution in [2.75, 3.05) is 23.1 Å². The van der Waals surface area contributed by atoms with Gasteiger partial charge >= 0.3 is 6.03 Å². The molecule has 0 fully saturated rings. The second-order valence-corrected chi connectivity index (χ2v) is 10.1. The maximum Gasteiger partial charge on any atom is 0.325 e. The van der Waals surface area contributed by atoms with Crippen molar-refractivity contribution in [1.82, 2.24) is 9.97 Å². The Labute approximate surface area is 221 Å². The number of anilines is 3. The van der Waals surface area contributed by atoms with Crippen molar-refractivity contribution < 1.29 is 14.3 Å². The summed E-state index contributed by atoms with van der Waals surface area (Å²) >= 11 is 2.90. The van der Waals surface area contributed by atoms with E-state index in [0.717, 1.165) is 20.8 Å². The fraction of sp³-hybridized carbons (Fsp3) is 0.111. The molecule has 0 unspecified atom stereocenters. The molecule has 2 heterocycles. The summed E-state index contributed by atoms with van der Waals surface area (Å²) in [6.45, 7) is 2.07. The molecular formula is C27H23N5O3S2. The van der Waals surface area contributed by atoms with E-state index < -0.39 is 6.03 Å². The van der Waals surface area contributed by atoms with E-state index in [1.807, 2.05) is 36.4 Å². The summed E-state index contributed by atoms with van der Waals surface area (Å²) in [4.78, 5) is 33.9. The number of benzene rings is 3. The van der Waals surface area contributed by atoms with Gasteiger partial charge in [-0.25, -0.2) is 14.8 Å². The second kappa shape index (κ2) is 10.8. The van der Waals surface area contributed by atoms with Gasteiger partial charge in [-0.3, -0.25) is 10.1 Å². The van der Waals surface area contributed by atoms with Crippen LogP contribution in [-0.4, -0.2) is 29.0 Å². The van der Waals surface area contributed by atoms with E-state index in [-0.39, 0.29) is 12.3 Å². The lowest BCUT2D eigenvalue weighted by molar-refractivity contribution is -0.115. The number of methoxy groups -OCH3 is 1. The molecule has 0 radical (unpaired) electrons. The fourth-order valence-corrected chi connectivity index (χ4v) is 5.44. The maximum absolute atomic E-state index is 12.6. The van der Waals surface area contributed by atoms with Crippen LogP contribution in [0.5, 0.6) is 5.75 Å². The van der Waals surface area contributed by atoms with Crippen molar-refractivity contribution in [3.8, 4) is 16.3 Å². The van der Waals surface area contributed by atoms with Crippen LogP contribution in [0.3, 0.4) is 0 Å². The third kappa shape index (κ3) is 5.93. The molecule has 5 aromatic rings. The molecule has 186 valence electrons. The van der Waals surface area contributed by atoms with Crippen molar-refractivity contribution in [3.05, 3.63) is 83.4 Å². The molecule has 0 aliphatic rings. The Morgan fingerprint density at radius 2 is 1.76 bits per heavy atom. The van der Waals surface area contributed by atoms with Crippen molar-refractivity contribution in [2.45, 2.75) is 13.3 Å². The molecular weight excluding hydrogens is 506 g/mol. The van der Waals surface area contributed by atoms with Crippen LogP contribution >= 0.6 is 22.7 Å². The number of amides is 3.